The summed E-state index contributed by atoms with van der Waals surface area (Å²) < 4.78 is 12.8. The molecule has 0 saturated heterocycles. The monoisotopic (exact) mass is 279 g/mol. The van der Waals surface area contributed by atoms with Gasteiger partial charge in [0.2, 0.25) is 0 Å². The van der Waals surface area contributed by atoms with E-state index in [1.807, 2.05) is 6.92 Å². The number of H-pyrrole nitrogens is 1. The van der Waals surface area contributed by atoms with E-state index >= 15 is 0 Å². The molecular formula is C13H14FN3OS. The lowest BCUT2D eigenvalue weighted by Crippen LogP contribution is -2.21. The van der Waals surface area contributed by atoms with Crippen LogP contribution in [0.25, 0.3) is 0 Å². The molecule has 2 atom stereocenters. The van der Waals surface area contributed by atoms with E-state index in [2.05, 4.69) is 9.97 Å². The van der Waals surface area contributed by atoms with Crippen molar-refractivity contribution in [2.24, 2.45) is 5.73 Å². The molecule has 0 amide bonds. The molecule has 0 aliphatic carbocycles. The molecule has 6 heteroatoms. The van der Waals surface area contributed by atoms with Crippen LogP contribution in [-0.4, -0.2) is 15.2 Å². The smallest absolute Gasteiger partial charge is 0.251 e. The van der Waals surface area contributed by atoms with Gasteiger partial charge >= 0.3 is 0 Å². The van der Waals surface area contributed by atoms with Gasteiger partial charge in [0.25, 0.3) is 5.56 Å². The number of benzene rings is 1. The van der Waals surface area contributed by atoms with E-state index in [4.69, 9.17) is 5.73 Å². The SMILES string of the molecule is CC(Sc1nccc(=O)[nH]1)C(N)c1ccc(F)cc1. The van der Waals surface area contributed by atoms with Crippen molar-refractivity contribution in [1.29, 1.82) is 0 Å². The van der Waals surface area contributed by atoms with E-state index in [-0.39, 0.29) is 22.7 Å². The fourth-order valence-electron chi connectivity index (χ4n) is 1.62. The topological polar surface area (TPSA) is 71.8 Å². The maximum absolute atomic E-state index is 12.8. The number of nitrogens with one attached hydrogen (secondary N) is 1. The summed E-state index contributed by atoms with van der Waals surface area (Å²) in [4.78, 5) is 17.9. The Morgan fingerprint density at radius 2 is 2.00 bits per heavy atom. The van der Waals surface area contributed by atoms with Crippen molar-refractivity contribution in [3.05, 3.63) is 58.3 Å². The first-order valence-corrected chi connectivity index (χ1v) is 6.67. The molecule has 2 rings (SSSR count). The lowest BCUT2D eigenvalue weighted by molar-refractivity contribution is 0.624. The van der Waals surface area contributed by atoms with Crippen molar-refractivity contribution >= 4 is 11.8 Å². The van der Waals surface area contributed by atoms with Crippen molar-refractivity contribution in [3.8, 4) is 0 Å². The van der Waals surface area contributed by atoms with Crippen LogP contribution in [0.3, 0.4) is 0 Å². The third-order valence-electron chi connectivity index (χ3n) is 2.71. The summed E-state index contributed by atoms with van der Waals surface area (Å²) in [6.07, 6.45) is 1.46. The Balaban J connectivity index is 2.09. The van der Waals surface area contributed by atoms with Gasteiger partial charge in [0.15, 0.2) is 5.16 Å². The molecule has 3 N–H and O–H groups in total. The quantitative estimate of drug-likeness (QED) is 0.664. The summed E-state index contributed by atoms with van der Waals surface area (Å²) in [5.74, 6) is -0.287. The van der Waals surface area contributed by atoms with E-state index in [0.717, 1.165) is 5.56 Å². The minimum Gasteiger partial charge on any atom is -0.323 e. The first-order chi connectivity index (χ1) is 9.06. The molecule has 0 aliphatic heterocycles. The molecule has 1 heterocycles. The predicted molar refractivity (Wildman–Crippen MR) is 73.5 cm³/mol. The van der Waals surface area contributed by atoms with E-state index in [1.165, 1.54) is 36.2 Å². The summed E-state index contributed by atoms with van der Waals surface area (Å²) >= 11 is 1.38. The highest BCUT2D eigenvalue weighted by atomic mass is 32.2. The van der Waals surface area contributed by atoms with Gasteiger partial charge in [-0.2, -0.15) is 0 Å². The Bertz CT molecular complexity index is 599. The van der Waals surface area contributed by atoms with Crippen molar-refractivity contribution in [3.63, 3.8) is 0 Å². The van der Waals surface area contributed by atoms with Crippen molar-refractivity contribution < 1.29 is 4.39 Å². The first-order valence-electron chi connectivity index (χ1n) is 5.79. The van der Waals surface area contributed by atoms with Gasteiger partial charge in [-0.25, -0.2) is 9.37 Å². The van der Waals surface area contributed by atoms with Gasteiger partial charge in [-0.3, -0.25) is 4.79 Å². The summed E-state index contributed by atoms with van der Waals surface area (Å²) in [5, 5.41) is 0.522. The number of nitrogens with two attached hydrogens (primary N) is 1. The second-order valence-electron chi connectivity index (χ2n) is 4.14. The zero-order valence-corrected chi connectivity index (χ0v) is 11.2. The molecule has 1 aromatic carbocycles. The van der Waals surface area contributed by atoms with Gasteiger partial charge in [0, 0.05) is 23.6 Å². The van der Waals surface area contributed by atoms with Crippen LogP contribution in [0.15, 0.2) is 46.5 Å². The highest BCUT2D eigenvalue weighted by Gasteiger charge is 2.17. The van der Waals surface area contributed by atoms with Crippen LogP contribution in [0.5, 0.6) is 0 Å². The number of nitrogens with zero attached hydrogens (tertiary/aromatic N) is 1. The van der Waals surface area contributed by atoms with Crippen LogP contribution in [0.2, 0.25) is 0 Å². The highest BCUT2D eigenvalue weighted by Crippen LogP contribution is 2.27. The molecule has 0 aliphatic rings. The number of rotatable bonds is 4. The molecule has 1 aromatic heterocycles. The number of thioether (sulfide) groups is 1. The maximum atomic E-state index is 12.8. The standard InChI is InChI=1S/C13H14FN3OS/c1-8(19-13-16-7-6-11(18)17-13)12(15)9-2-4-10(14)5-3-9/h2-8,12H,15H2,1H3,(H,16,17,18). The van der Waals surface area contributed by atoms with Gasteiger partial charge in [-0.05, 0) is 17.7 Å². The Labute approximate surface area is 114 Å². The third-order valence-corrected chi connectivity index (χ3v) is 3.80. The lowest BCUT2D eigenvalue weighted by atomic mass is 10.1. The first kappa shape index (κ1) is 13.8. The third kappa shape index (κ3) is 3.65. The average Bonchev–Trinajstić information content (AvgIpc) is 2.39. The predicted octanol–water partition coefficient (Wildman–Crippen LogP) is 2.09. The summed E-state index contributed by atoms with van der Waals surface area (Å²) in [7, 11) is 0. The zero-order chi connectivity index (χ0) is 13.8. The van der Waals surface area contributed by atoms with Crippen LogP contribution in [-0.2, 0) is 0 Å². The van der Waals surface area contributed by atoms with Gasteiger partial charge < -0.3 is 10.7 Å². The summed E-state index contributed by atoms with van der Waals surface area (Å²) in [6, 6.07) is 7.19. The van der Waals surface area contributed by atoms with E-state index in [0.29, 0.717) is 5.16 Å². The average molecular weight is 279 g/mol. The van der Waals surface area contributed by atoms with E-state index in [9.17, 15) is 9.18 Å². The number of halogens is 1. The van der Waals surface area contributed by atoms with Crippen molar-refractivity contribution in [1.82, 2.24) is 9.97 Å². The fourth-order valence-corrected chi connectivity index (χ4v) is 2.55. The number of aromatic amines is 1. The molecule has 0 bridgehead atoms. The van der Waals surface area contributed by atoms with Gasteiger partial charge in [-0.1, -0.05) is 30.8 Å². The Kier molecular flexibility index (Phi) is 4.34. The van der Waals surface area contributed by atoms with Crippen molar-refractivity contribution in [2.45, 2.75) is 23.4 Å². The molecule has 0 saturated carbocycles. The van der Waals surface area contributed by atoms with Gasteiger partial charge in [0.05, 0.1) is 0 Å². The van der Waals surface area contributed by atoms with Crippen LogP contribution in [0.1, 0.15) is 18.5 Å². The normalized spacial score (nSPS) is 14.1. The number of hydrogen-bond donors (Lipinski definition) is 2. The molecular weight excluding hydrogens is 265 g/mol. The molecule has 2 unspecified atom stereocenters. The molecule has 2 aromatic rings. The molecule has 100 valence electrons. The number of aromatic nitrogens is 2. The van der Waals surface area contributed by atoms with Crippen molar-refractivity contribution in [2.75, 3.05) is 0 Å². The lowest BCUT2D eigenvalue weighted by Gasteiger charge is -2.19. The Morgan fingerprint density at radius 1 is 1.32 bits per heavy atom. The molecule has 19 heavy (non-hydrogen) atoms. The fraction of sp³-hybridized carbons (Fsp3) is 0.231. The second-order valence-corrected chi connectivity index (χ2v) is 5.51. The van der Waals surface area contributed by atoms with Crippen LogP contribution < -0.4 is 11.3 Å². The van der Waals surface area contributed by atoms with Crippen LogP contribution in [0.4, 0.5) is 4.39 Å². The van der Waals surface area contributed by atoms with E-state index in [1.54, 1.807) is 12.1 Å². The van der Waals surface area contributed by atoms with Gasteiger partial charge in [-0.15, -0.1) is 0 Å². The summed E-state index contributed by atoms with van der Waals surface area (Å²) in [6.45, 7) is 1.94. The highest BCUT2D eigenvalue weighted by molar-refractivity contribution is 7.99. The van der Waals surface area contributed by atoms with E-state index < -0.39 is 0 Å². The maximum Gasteiger partial charge on any atom is 0.251 e. The molecule has 0 radical (unpaired) electrons. The minimum atomic E-state index is -0.287. The Morgan fingerprint density at radius 3 is 2.63 bits per heavy atom. The Hall–Kier alpha value is -1.66. The second kappa shape index (κ2) is 5.99. The number of hydrogen-bond acceptors (Lipinski definition) is 4. The molecule has 4 nitrogen and oxygen atoms in total. The zero-order valence-electron chi connectivity index (χ0n) is 10.3. The van der Waals surface area contributed by atoms with Crippen LogP contribution in [0, 0.1) is 5.82 Å². The summed E-state index contributed by atoms with van der Waals surface area (Å²) in [5.41, 5.74) is 6.76. The minimum absolute atomic E-state index is 0.00369. The van der Waals surface area contributed by atoms with Gasteiger partial charge in [0.1, 0.15) is 5.82 Å². The molecule has 0 spiro atoms. The van der Waals surface area contributed by atoms with Crippen LogP contribution >= 0.6 is 11.8 Å². The molecule has 0 fully saturated rings. The largest absolute Gasteiger partial charge is 0.323 e.